The van der Waals surface area contributed by atoms with E-state index in [1.165, 1.54) is 0 Å². The summed E-state index contributed by atoms with van der Waals surface area (Å²) in [6.07, 6.45) is 0.404. The minimum Gasteiger partial charge on any atom is -0.358 e. The zero-order valence-corrected chi connectivity index (χ0v) is 10.1. The monoisotopic (exact) mass is 252 g/mol. The maximum Gasteiger partial charge on any atom is 0.341 e. The molecule has 0 saturated heterocycles. The van der Waals surface area contributed by atoms with Crippen molar-refractivity contribution >= 4 is 28.7 Å². The third-order valence-corrected chi connectivity index (χ3v) is 2.98. The van der Waals surface area contributed by atoms with Gasteiger partial charge in [-0.05, 0) is 18.6 Å². The number of carbonyl (C=O) groups is 1. The first-order valence-electron chi connectivity index (χ1n) is 5.27. The van der Waals surface area contributed by atoms with Crippen LogP contribution in [0, 0.1) is 6.92 Å². The Hall–Kier alpha value is -1.52. The van der Waals surface area contributed by atoms with E-state index < -0.39 is 12.0 Å². The summed E-state index contributed by atoms with van der Waals surface area (Å²) in [4.78, 5) is 14.4. The lowest BCUT2D eigenvalue weighted by atomic mass is 10.0. The molecule has 0 saturated carbocycles. The number of aromatic amines is 1. The summed E-state index contributed by atoms with van der Waals surface area (Å²) < 4.78 is 4.11. The van der Waals surface area contributed by atoms with E-state index in [4.69, 9.17) is 17.6 Å². The number of hydrogen-bond acceptors (Lipinski definition) is 3. The summed E-state index contributed by atoms with van der Waals surface area (Å²) in [5, 5.41) is 1.07. The van der Waals surface area contributed by atoms with Gasteiger partial charge < -0.3 is 15.0 Å². The van der Waals surface area contributed by atoms with Crippen molar-refractivity contribution < 1.29 is 9.08 Å². The molecule has 90 valence electrons. The molecule has 1 atom stereocenters. The Morgan fingerprint density at radius 2 is 2.24 bits per heavy atom. The predicted octanol–water partition coefficient (Wildman–Crippen LogP) is 2.04. The first-order chi connectivity index (χ1) is 8.13. The fourth-order valence-corrected chi connectivity index (χ4v) is 2.07. The zero-order valence-electron chi connectivity index (χ0n) is 9.37. The normalized spacial score (nSPS) is 12.6. The number of H-pyrrole nitrogens is 1. The van der Waals surface area contributed by atoms with E-state index in [1.807, 2.05) is 31.2 Å². The van der Waals surface area contributed by atoms with Crippen LogP contribution in [0.2, 0.25) is 0 Å². The Bertz CT molecular complexity index is 550. The second-order valence-electron chi connectivity index (χ2n) is 3.98. The Morgan fingerprint density at radius 1 is 1.53 bits per heavy atom. The maximum absolute atomic E-state index is 11.2. The summed E-state index contributed by atoms with van der Waals surface area (Å²) in [6, 6.07) is 7.13. The van der Waals surface area contributed by atoms with Crippen molar-refractivity contribution in [3.8, 4) is 0 Å². The third kappa shape index (κ3) is 2.28. The fourth-order valence-electron chi connectivity index (χ4n) is 1.96. The molecular weight excluding hydrogens is 240 g/mol. The van der Waals surface area contributed by atoms with Gasteiger partial charge in [-0.3, -0.25) is 0 Å². The van der Waals surface area contributed by atoms with Gasteiger partial charge in [-0.1, -0.05) is 18.2 Å². The number of fused-ring (bicyclic) bond motifs is 1. The average molecular weight is 253 g/mol. The molecule has 1 aromatic carbocycles. The quantitative estimate of drug-likeness (QED) is 0.878. The van der Waals surface area contributed by atoms with Crippen LogP contribution in [0.1, 0.15) is 11.3 Å². The lowest BCUT2D eigenvalue weighted by Gasteiger charge is -2.07. The van der Waals surface area contributed by atoms with Gasteiger partial charge in [0.25, 0.3) is 0 Å². The molecule has 0 spiro atoms. The number of para-hydroxylation sites is 1. The molecule has 0 amide bonds. The van der Waals surface area contributed by atoms with E-state index in [0.29, 0.717) is 6.42 Å². The molecule has 0 fully saturated rings. The highest BCUT2D eigenvalue weighted by atomic mass is 35.5. The molecule has 5 heteroatoms. The first kappa shape index (κ1) is 12.0. The van der Waals surface area contributed by atoms with Crippen molar-refractivity contribution in [2.24, 2.45) is 5.73 Å². The number of aryl methyl sites for hydroxylation is 1. The predicted molar refractivity (Wildman–Crippen MR) is 66.7 cm³/mol. The van der Waals surface area contributed by atoms with Gasteiger partial charge in [0, 0.05) is 23.0 Å². The molecule has 0 radical (unpaired) electrons. The number of benzene rings is 1. The standard InChI is InChI=1S/C12H13ClN2O2/c1-7-9(6-10(14)12(16)17-13)8-4-2-3-5-11(8)15-7/h2-5,10,15H,6,14H2,1H3/t10-/m0/s1. The van der Waals surface area contributed by atoms with Crippen molar-refractivity contribution in [3.63, 3.8) is 0 Å². The van der Waals surface area contributed by atoms with Gasteiger partial charge >= 0.3 is 5.97 Å². The van der Waals surface area contributed by atoms with E-state index >= 15 is 0 Å². The van der Waals surface area contributed by atoms with Crippen molar-refractivity contribution in [2.45, 2.75) is 19.4 Å². The summed E-state index contributed by atoms with van der Waals surface area (Å²) in [5.74, 6) is -0.614. The van der Waals surface area contributed by atoms with Crippen LogP contribution in [0.15, 0.2) is 24.3 Å². The molecule has 17 heavy (non-hydrogen) atoms. The van der Waals surface area contributed by atoms with Crippen molar-refractivity contribution in [1.82, 2.24) is 4.98 Å². The van der Waals surface area contributed by atoms with Crippen LogP contribution in [-0.2, 0) is 15.5 Å². The van der Waals surface area contributed by atoms with Gasteiger partial charge in [-0.25, -0.2) is 4.79 Å². The minimum atomic E-state index is -0.745. The summed E-state index contributed by atoms with van der Waals surface area (Å²) >= 11 is 5.01. The van der Waals surface area contributed by atoms with Gasteiger partial charge in [0.05, 0.1) is 0 Å². The van der Waals surface area contributed by atoms with Gasteiger partial charge in [0.1, 0.15) is 17.9 Å². The zero-order chi connectivity index (χ0) is 12.4. The number of aromatic nitrogens is 1. The number of hydrogen-bond donors (Lipinski definition) is 2. The second-order valence-corrected chi connectivity index (χ2v) is 4.14. The van der Waals surface area contributed by atoms with Crippen LogP contribution >= 0.6 is 11.9 Å². The van der Waals surface area contributed by atoms with Crippen LogP contribution in [-0.4, -0.2) is 17.0 Å². The molecule has 1 aromatic heterocycles. The first-order valence-corrected chi connectivity index (χ1v) is 5.58. The molecule has 0 aliphatic heterocycles. The third-order valence-electron chi connectivity index (χ3n) is 2.83. The Morgan fingerprint density at radius 3 is 2.94 bits per heavy atom. The number of halogens is 1. The average Bonchev–Trinajstić information content (AvgIpc) is 2.65. The van der Waals surface area contributed by atoms with Crippen LogP contribution in [0.4, 0.5) is 0 Å². The van der Waals surface area contributed by atoms with Crippen molar-refractivity contribution in [2.75, 3.05) is 0 Å². The molecule has 0 unspecified atom stereocenters. The molecular formula is C12H13ClN2O2. The van der Waals surface area contributed by atoms with Crippen LogP contribution in [0.25, 0.3) is 10.9 Å². The number of nitrogens with one attached hydrogen (secondary N) is 1. The molecule has 0 aliphatic rings. The highest BCUT2D eigenvalue weighted by molar-refractivity contribution is 6.13. The molecule has 0 bridgehead atoms. The van der Waals surface area contributed by atoms with Gasteiger partial charge in [-0.15, -0.1) is 0 Å². The summed E-state index contributed by atoms with van der Waals surface area (Å²) in [5.41, 5.74) is 8.77. The van der Waals surface area contributed by atoms with E-state index in [2.05, 4.69) is 9.27 Å². The van der Waals surface area contributed by atoms with E-state index in [-0.39, 0.29) is 0 Å². The topological polar surface area (TPSA) is 68.1 Å². The highest BCUT2D eigenvalue weighted by Crippen LogP contribution is 2.23. The van der Waals surface area contributed by atoms with Crippen molar-refractivity contribution in [1.29, 1.82) is 0 Å². The van der Waals surface area contributed by atoms with E-state index in [1.54, 1.807) is 0 Å². The Kier molecular flexibility index (Phi) is 3.36. The summed E-state index contributed by atoms with van der Waals surface area (Å²) in [7, 11) is 0. The van der Waals surface area contributed by atoms with Crippen LogP contribution in [0.5, 0.6) is 0 Å². The lowest BCUT2D eigenvalue weighted by Crippen LogP contribution is -2.32. The van der Waals surface area contributed by atoms with E-state index in [0.717, 1.165) is 22.2 Å². The minimum absolute atomic E-state index is 0.404. The largest absolute Gasteiger partial charge is 0.358 e. The molecule has 2 aromatic rings. The molecule has 2 rings (SSSR count). The number of rotatable bonds is 3. The molecule has 4 nitrogen and oxygen atoms in total. The molecule has 3 N–H and O–H groups in total. The van der Waals surface area contributed by atoms with Crippen LogP contribution < -0.4 is 5.73 Å². The van der Waals surface area contributed by atoms with Gasteiger partial charge in [-0.2, -0.15) is 0 Å². The Labute approximate surface area is 104 Å². The van der Waals surface area contributed by atoms with Crippen LogP contribution in [0.3, 0.4) is 0 Å². The van der Waals surface area contributed by atoms with Gasteiger partial charge in [0.2, 0.25) is 0 Å². The molecule has 1 heterocycles. The van der Waals surface area contributed by atoms with E-state index in [9.17, 15) is 4.79 Å². The smallest absolute Gasteiger partial charge is 0.341 e. The maximum atomic E-state index is 11.2. The molecule has 0 aliphatic carbocycles. The highest BCUT2D eigenvalue weighted by Gasteiger charge is 2.18. The number of carbonyl (C=O) groups excluding carboxylic acids is 1. The SMILES string of the molecule is Cc1[nH]c2ccccc2c1C[C@H](N)C(=O)OCl. The number of nitrogens with two attached hydrogens (primary N) is 1. The van der Waals surface area contributed by atoms with Crippen molar-refractivity contribution in [3.05, 3.63) is 35.5 Å². The second kappa shape index (κ2) is 4.77. The van der Waals surface area contributed by atoms with Gasteiger partial charge in [0.15, 0.2) is 0 Å². The Balaban J connectivity index is 2.35. The lowest BCUT2D eigenvalue weighted by molar-refractivity contribution is -0.135. The fraction of sp³-hybridized carbons (Fsp3) is 0.250. The summed E-state index contributed by atoms with van der Waals surface area (Å²) in [6.45, 7) is 1.95.